The summed E-state index contributed by atoms with van der Waals surface area (Å²) in [6, 6.07) is 12.1. The number of urea groups is 1. The average Bonchev–Trinajstić information content (AvgIpc) is 3.29. The van der Waals surface area contributed by atoms with E-state index in [9.17, 15) is 4.79 Å². The molecule has 2 aliphatic heterocycles. The summed E-state index contributed by atoms with van der Waals surface area (Å²) in [6.07, 6.45) is 0.911. The zero-order chi connectivity index (χ0) is 17.9. The van der Waals surface area contributed by atoms with E-state index in [0.717, 1.165) is 43.3 Å². The fourth-order valence-corrected chi connectivity index (χ4v) is 3.76. The van der Waals surface area contributed by atoms with Gasteiger partial charge in [0.25, 0.3) is 0 Å². The Bertz CT molecular complexity index is 767. The zero-order valence-corrected chi connectivity index (χ0v) is 15.1. The highest BCUT2D eigenvalue weighted by Crippen LogP contribution is 2.28. The molecule has 0 saturated carbocycles. The summed E-state index contributed by atoms with van der Waals surface area (Å²) in [4.78, 5) is 16.9. The van der Waals surface area contributed by atoms with Crippen molar-refractivity contribution in [3.05, 3.63) is 53.5 Å². The van der Waals surface area contributed by atoms with Crippen molar-refractivity contribution in [2.45, 2.75) is 19.4 Å². The molecular formula is C20H25N3O3. The van der Waals surface area contributed by atoms with Gasteiger partial charge >= 0.3 is 6.03 Å². The van der Waals surface area contributed by atoms with Crippen LogP contribution < -0.4 is 10.2 Å². The highest BCUT2D eigenvalue weighted by atomic mass is 16.5. The van der Waals surface area contributed by atoms with Crippen molar-refractivity contribution < 1.29 is 13.9 Å². The van der Waals surface area contributed by atoms with Gasteiger partial charge < -0.3 is 14.5 Å². The van der Waals surface area contributed by atoms with Gasteiger partial charge in [-0.15, -0.1) is 0 Å². The highest BCUT2D eigenvalue weighted by molar-refractivity contribution is 5.94. The number of carbonyl (C=O) groups is 1. The molecule has 1 aromatic heterocycles. The van der Waals surface area contributed by atoms with Crippen molar-refractivity contribution in [1.82, 2.24) is 10.2 Å². The maximum absolute atomic E-state index is 12.8. The number of morpholine rings is 1. The summed E-state index contributed by atoms with van der Waals surface area (Å²) >= 11 is 0. The molecule has 6 nitrogen and oxygen atoms in total. The summed E-state index contributed by atoms with van der Waals surface area (Å²) in [5.41, 5.74) is 2.25. The molecule has 1 fully saturated rings. The quantitative estimate of drug-likeness (QED) is 0.916. The number of nitrogens with one attached hydrogen (secondary N) is 1. The molecule has 2 aromatic rings. The molecule has 138 valence electrons. The number of para-hydroxylation sites is 1. The Kier molecular flexibility index (Phi) is 4.95. The van der Waals surface area contributed by atoms with Crippen molar-refractivity contribution in [3.63, 3.8) is 0 Å². The van der Waals surface area contributed by atoms with E-state index in [-0.39, 0.29) is 12.1 Å². The molecule has 0 aliphatic carbocycles. The number of amides is 2. The molecular weight excluding hydrogens is 330 g/mol. The molecule has 1 unspecified atom stereocenters. The lowest BCUT2D eigenvalue weighted by atomic mass is 10.1. The van der Waals surface area contributed by atoms with Gasteiger partial charge in [0.05, 0.1) is 19.3 Å². The van der Waals surface area contributed by atoms with Gasteiger partial charge in [0.15, 0.2) is 0 Å². The van der Waals surface area contributed by atoms with Crippen LogP contribution in [0.3, 0.4) is 0 Å². The molecule has 3 heterocycles. The molecule has 1 N–H and O–H groups in total. The Balaban J connectivity index is 1.45. The first kappa shape index (κ1) is 17.1. The van der Waals surface area contributed by atoms with Gasteiger partial charge in [-0.3, -0.25) is 9.80 Å². The molecule has 4 rings (SSSR count). The van der Waals surface area contributed by atoms with E-state index >= 15 is 0 Å². The highest BCUT2D eigenvalue weighted by Gasteiger charge is 2.28. The van der Waals surface area contributed by atoms with Gasteiger partial charge in [0.2, 0.25) is 0 Å². The lowest BCUT2D eigenvalue weighted by molar-refractivity contribution is 0.0122. The second-order valence-electron chi connectivity index (χ2n) is 6.83. The normalized spacial score (nSPS) is 18.6. The monoisotopic (exact) mass is 355 g/mol. The number of nitrogens with zero attached hydrogens (tertiary/aromatic N) is 2. The first-order valence-corrected chi connectivity index (χ1v) is 9.24. The number of rotatable bonds is 4. The second-order valence-corrected chi connectivity index (χ2v) is 6.83. The van der Waals surface area contributed by atoms with Crippen molar-refractivity contribution >= 4 is 11.7 Å². The number of furan rings is 1. The van der Waals surface area contributed by atoms with E-state index in [0.29, 0.717) is 19.8 Å². The number of ether oxygens (including phenoxy) is 1. The molecule has 1 atom stereocenters. The van der Waals surface area contributed by atoms with Crippen molar-refractivity contribution in [2.75, 3.05) is 44.3 Å². The third kappa shape index (κ3) is 3.48. The fraction of sp³-hybridized carbons (Fsp3) is 0.450. The first-order valence-electron chi connectivity index (χ1n) is 9.24. The number of carbonyl (C=O) groups excluding carboxylic acids is 1. The Labute approximate surface area is 153 Å². The lowest BCUT2D eigenvalue weighted by Crippen LogP contribution is -2.46. The standard InChI is InChI=1S/C20H25N3O3/c1-15-6-7-19(26-15)18(22-10-12-25-13-11-22)14-21-20(24)23-9-8-16-4-2-3-5-17(16)23/h2-7,18H,8-14H2,1H3,(H,21,24). The fourth-order valence-electron chi connectivity index (χ4n) is 3.76. The molecule has 6 heteroatoms. The van der Waals surface area contributed by atoms with Crippen LogP contribution >= 0.6 is 0 Å². The van der Waals surface area contributed by atoms with E-state index in [1.54, 1.807) is 0 Å². The van der Waals surface area contributed by atoms with Gasteiger partial charge in [-0.05, 0) is 37.1 Å². The van der Waals surface area contributed by atoms with Gasteiger partial charge in [-0.25, -0.2) is 4.79 Å². The topological polar surface area (TPSA) is 58.0 Å². The van der Waals surface area contributed by atoms with Crippen LogP contribution in [0.1, 0.15) is 23.1 Å². The predicted molar refractivity (Wildman–Crippen MR) is 99.5 cm³/mol. The van der Waals surface area contributed by atoms with Crippen LogP contribution in [0.15, 0.2) is 40.8 Å². The van der Waals surface area contributed by atoms with E-state index in [1.165, 1.54) is 5.56 Å². The summed E-state index contributed by atoms with van der Waals surface area (Å²) in [6.45, 7) is 6.30. The van der Waals surface area contributed by atoms with Crippen LogP contribution in [0.25, 0.3) is 0 Å². The summed E-state index contributed by atoms with van der Waals surface area (Å²) < 4.78 is 11.3. The van der Waals surface area contributed by atoms with Crippen LogP contribution in [0.4, 0.5) is 10.5 Å². The van der Waals surface area contributed by atoms with E-state index < -0.39 is 0 Å². The third-order valence-corrected chi connectivity index (χ3v) is 5.15. The second kappa shape index (κ2) is 7.51. The van der Waals surface area contributed by atoms with Crippen molar-refractivity contribution in [2.24, 2.45) is 0 Å². The minimum Gasteiger partial charge on any atom is -0.465 e. The number of anilines is 1. The summed E-state index contributed by atoms with van der Waals surface area (Å²) in [5.74, 6) is 1.78. The maximum Gasteiger partial charge on any atom is 0.321 e. The predicted octanol–water partition coefficient (Wildman–Crippen LogP) is 2.73. The number of hydrogen-bond donors (Lipinski definition) is 1. The van der Waals surface area contributed by atoms with Crippen LogP contribution in [0.5, 0.6) is 0 Å². The maximum atomic E-state index is 12.8. The molecule has 26 heavy (non-hydrogen) atoms. The van der Waals surface area contributed by atoms with E-state index in [2.05, 4.69) is 16.3 Å². The van der Waals surface area contributed by atoms with Gasteiger partial charge in [-0.1, -0.05) is 18.2 Å². The van der Waals surface area contributed by atoms with Crippen LogP contribution in [0.2, 0.25) is 0 Å². The molecule has 0 bridgehead atoms. The van der Waals surface area contributed by atoms with E-state index in [1.807, 2.05) is 42.2 Å². The minimum atomic E-state index is -0.0449. The number of fused-ring (bicyclic) bond motifs is 1. The SMILES string of the molecule is Cc1ccc(C(CNC(=O)N2CCc3ccccc32)N2CCOCC2)o1. The van der Waals surface area contributed by atoms with Crippen LogP contribution in [-0.2, 0) is 11.2 Å². The Morgan fingerprint density at radius 2 is 1.96 bits per heavy atom. The molecule has 1 saturated heterocycles. The Morgan fingerprint density at radius 3 is 2.73 bits per heavy atom. The minimum absolute atomic E-state index is 0.0226. The van der Waals surface area contributed by atoms with E-state index in [4.69, 9.17) is 9.15 Å². The summed E-state index contributed by atoms with van der Waals surface area (Å²) in [5, 5.41) is 3.12. The van der Waals surface area contributed by atoms with Crippen molar-refractivity contribution in [3.8, 4) is 0 Å². The molecule has 2 amide bonds. The third-order valence-electron chi connectivity index (χ3n) is 5.15. The summed E-state index contributed by atoms with van der Waals surface area (Å²) in [7, 11) is 0. The average molecular weight is 355 g/mol. The Hall–Kier alpha value is -2.31. The molecule has 0 radical (unpaired) electrons. The van der Waals surface area contributed by atoms with Crippen LogP contribution in [-0.4, -0.2) is 50.3 Å². The van der Waals surface area contributed by atoms with Crippen LogP contribution in [0, 0.1) is 6.92 Å². The number of hydrogen-bond acceptors (Lipinski definition) is 4. The molecule has 0 spiro atoms. The number of aryl methyl sites for hydroxylation is 1. The molecule has 2 aliphatic rings. The van der Waals surface area contributed by atoms with Gasteiger partial charge in [-0.2, -0.15) is 0 Å². The Morgan fingerprint density at radius 1 is 1.15 bits per heavy atom. The zero-order valence-electron chi connectivity index (χ0n) is 15.1. The largest absolute Gasteiger partial charge is 0.465 e. The van der Waals surface area contributed by atoms with Gasteiger partial charge in [0.1, 0.15) is 11.5 Å². The number of benzene rings is 1. The molecule has 1 aromatic carbocycles. The first-order chi connectivity index (χ1) is 12.7. The smallest absolute Gasteiger partial charge is 0.321 e. The lowest BCUT2D eigenvalue weighted by Gasteiger charge is -2.33. The van der Waals surface area contributed by atoms with Crippen molar-refractivity contribution in [1.29, 1.82) is 0 Å². The van der Waals surface area contributed by atoms with Gasteiger partial charge in [0, 0.05) is 31.9 Å².